The van der Waals surface area contributed by atoms with E-state index in [0.717, 1.165) is 44.5 Å². The predicted octanol–water partition coefficient (Wildman–Crippen LogP) is 4.04. The fourth-order valence-corrected chi connectivity index (χ4v) is 3.21. The number of hydrogen-bond acceptors (Lipinski definition) is 3. The topological polar surface area (TPSA) is 32.7 Å². The highest BCUT2D eigenvalue weighted by Gasteiger charge is 2.08. The van der Waals surface area contributed by atoms with Gasteiger partial charge in [0.15, 0.2) is 0 Å². The average molecular weight is 319 g/mol. The zero-order chi connectivity index (χ0) is 16.2. The molecule has 2 rings (SSSR count). The van der Waals surface area contributed by atoms with Crippen molar-refractivity contribution >= 4 is 0 Å². The van der Waals surface area contributed by atoms with Crippen LogP contribution in [0.5, 0.6) is 5.75 Å². The quantitative estimate of drug-likeness (QED) is 0.661. The number of benzene rings is 1. The molecule has 1 aromatic rings. The zero-order valence-corrected chi connectivity index (χ0v) is 14.5. The summed E-state index contributed by atoms with van der Waals surface area (Å²) in [6.07, 6.45) is 10.9. The molecular formula is C20H33NO2. The van der Waals surface area contributed by atoms with Crippen LogP contribution in [0.3, 0.4) is 0 Å². The number of unbranched alkanes of at least 4 members (excludes halogenated alkanes) is 2. The Kier molecular flexibility index (Phi) is 9.12. The van der Waals surface area contributed by atoms with E-state index in [1.54, 1.807) is 0 Å². The van der Waals surface area contributed by atoms with Crippen LogP contribution in [0.4, 0.5) is 0 Å². The van der Waals surface area contributed by atoms with Gasteiger partial charge in [0.05, 0.1) is 6.61 Å². The summed E-state index contributed by atoms with van der Waals surface area (Å²) in [6, 6.07) is 8.52. The lowest BCUT2D eigenvalue weighted by Crippen LogP contribution is -2.26. The van der Waals surface area contributed by atoms with Gasteiger partial charge in [-0.2, -0.15) is 0 Å². The normalized spacial score (nSPS) is 16.2. The minimum absolute atomic E-state index is 0.310. The van der Waals surface area contributed by atoms with Crippen molar-refractivity contribution in [2.45, 2.75) is 57.8 Å². The molecule has 0 amide bonds. The van der Waals surface area contributed by atoms with E-state index in [-0.39, 0.29) is 0 Å². The number of ether oxygens (including phenoxy) is 1. The molecule has 0 atom stereocenters. The number of aryl methyl sites for hydroxylation is 1. The molecule has 0 bridgehead atoms. The lowest BCUT2D eigenvalue weighted by atomic mass is 10.1. The second-order valence-corrected chi connectivity index (χ2v) is 6.64. The van der Waals surface area contributed by atoms with Crippen LogP contribution in [0.2, 0.25) is 0 Å². The molecule has 1 aliphatic rings. The minimum atomic E-state index is 0.310. The lowest BCUT2D eigenvalue weighted by molar-refractivity contribution is 0.240. The molecule has 1 fully saturated rings. The van der Waals surface area contributed by atoms with Crippen molar-refractivity contribution in [3.63, 3.8) is 0 Å². The van der Waals surface area contributed by atoms with Gasteiger partial charge in [-0.3, -0.25) is 0 Å². The Morgan fingerprint density at radius 3 is 2.30 bits per heavy atom. The van der Waals surface area contributed by atoms with Gasteiger partial charge in [0.1, 0.15) is 5.75 Å². The number of aliphatic hydroxyl groups excluding tert-OH is 1. The van der Waals surface area contributed by atoms with Crippen molar-refractivity contribution in [3.05, 3.63) is 29.8 Å². The first-order valence-electron chi connectivity index (χ1n) is 9.43. The second kappa shape index (κ2) is 11.5. The zero-order valence-electron chi connectivity index (χ0n) is 14.5. The van der Waals surface area contributed by atoms with Crippen molar-refractivity contribution in [2.24, 2.45) is 0 Å². The molecule has 1 heterocycles. The molecule has 1 saturated heterocycles. The second-order valence-electron chi connectivity index (χ2n) is 6.64. The maximum absolute atomic E-state index is 8.78. The molecule has 130 valence electrons. The first-order chi connectivity index (χ1) is 11.4. The molecule has 1 aromatic carbocycles. The fraction of sp³-hybridized carbons (Fsp3) is 0.700. The van der Waals surface area contributed by atoms with Gasteiger partial charge in [-0.15, -0.1) is 0 Å². The predicted molar refractivity (Wildman–Crippen MR) is 96.1 cm³/mol. The largest absolute Gasteiger partial charge is 0.494 e. The van der Waals surface area contributed by atoms with Crippen molar-refractivity contribution in [1.29, 1.82) is 0 Å². The third-order valence-electron chi connectivity index (χ3n) is 4.63. The molecule has 0 unspecified atom stereocenters. The summed E-state index contributed by atoms with van der Waals surface area (Å²) < 4.78 is 5.87. The van der Waals surface area contributed by atoms with Crippen LogP contribution in [0, 0.1) is 0 Å². The highest BCUT2D eigenvalue weighted by atomic mass is 16.5. The first-order valence-corrected chi connectivity index (χ1v) is 9.43. The van der Waals surface area contributed by atoms with Crippen molar-refractivity contribution in [2.75, 3.05) is 32.8 Å². The van der Waals surface area contributed by atoms with Gasteiger partial charge in [-0.05, 0) is 69.3 Å². The van der Waals surface area contributed by atoms with Gasteiger partial charge in [-0.1, -0.05) is 31.4 Å². The van der Waals surface area contributed by atoms with Crippen LogP contribution in [-0.4, -0.2) is 42.9 Å². The summed E-state index contributed by atoms with van der Waals surface area (Å²) in [7, 11) is 0. The Morgan fingerprint density at radius 2 is 1.61 bits per heavy atom. The number of rotatable bonds is 10. The van der Waals surface area contributed by atoms with Crippen LogP contribution >= 0.6 is 0 Å². The molecule has 3 nitrogen and oxygen atoms in total. The van der Waals surface area contributed by atoms with E-state index in [2.05, 4.69) is 29.2 Å². The lowest BCUT2D eigenvalue weighted by Gasteiger charge is -2.19. The molecule has 0 spiro atoms. The van der Waals surface area contributed by atoms with Crippen LogP contribution < -0.4 is 4.74 Å². The minimum Gasteiger partial charge on any atom is -0.494 e. The van der Waals surface area contributed by atoms with Crippen molar-refractivity contribution < 1.29 is 9.84 Å². The Morgan fingerprint density at radius 1 is 0.870 bits per heavy atom. The number of aliphatic hydroxyl groups is 1. The first kappa shape index (κ1) is 18.3. The Balaban J connectivity index is 1.58. The third kappa shape index (κ3) is 7.85. The van der Waals surface area contributed by atoms with Crippen LogP contribution in [0.1, 0.15) is 56.9 Å². The summed E-state index contributed by atoms with van der Waals surface area (Å²) in [5.41, 5.74) is 1.36. The van der Waals surface area contributed by atoms with E-state index in [1.165, 1.54) is 50.9 Å². The summed E-state index contributed by atoms with van der Waals surface area (Å²) in [5.74, 6) is 0.986. The molecule has 0 aromatic heterocycles. The van der Waals surface area contributed by atoms with Crippen LogP contribution in [0.15, 0.2) is 24.3 Å². The smallest absolute Gasteiger partial charge is 0.119 e. The summed E-state index contributed by atoms with van der Waals surface area (Å²) in [5, 5.41) is 8.78. The molecule has 0 aliphatic carbocycles. The van der Waals surface area contributed by atoms with Gasteiger partial charge < -0.3 is 14.7 Å². The monoisotopic (exact) mass is 319 g/mol. The van der Waals surface area contributed by atoms with Crippen molar-refractivity contribution in [1.82, 2.24) is 4.90 Å². The standard InChI is InChI=1S/C20H33NO2/c22-17-7-3-4-9-19-10-12-20(13-11-19)23-18-8-16-21-14-5-1-2-6-15-21/h10-13,22H,1-9,14-18H2. The molecule has 1 aliphatic heterocycles. The number of nitrogens with zero attached hydrogens (tertiary/aromatic N) is 1. The highest BCUT2D eigenvalue weighted by Crippen LogP contribution is 2.15. The van der Waals surface area contributed by atoms with Crippen LogP contribution in [0.25, 0.3) is 0 Å². The molecular weight excluding hydrogens is 286 g/mol. The SMILES string of the molecule is OCCCCCc1ccc(OCCCN2CCCCCC2)cc1. The Hall–Kier alpha value is -1.06. The van der Waals surface area contributed by atoms with Gasteiger partial charge in [0.25, 0.3) is 0 Å². The average Bonchev–Trinajstić information content (AvgIpc) is 2.86. The maximum Gasteiger partial charge on any atom is 0.119 e. The highest BCUT2D eigenvalue weighted by molar-refractivity contribution is 5.27. The van der Waals surface area contributed by atoms with Crippen molar-refractivity contribution in [3.8, 4) is 5.75 Å². The van der Waals surface area contributed by atoms with Crippen LogP contribution in [-0.2, 0) is 6.42 Å². The molecule has 0 saturated carbocycles. The fourth-order valence-electron chi connectivity index (χ4n) is 3.21. The maximum atomic E-state index is 8.78. The molecule has 0 radical (unpaired) electrons. The Bertz CT molecular complexity index is 397. The van der Waals surface area contributed by atoms with E-state index in [4.69, 9.17) is 9.84 Å². The van der Waals surface area contributed by atoms with E-state index in [1.807, 2.05) is 0 Å². The van der Waals surface area contributed by atoms with Gasteiger partial charge in [-0.25, -0.2) is 0 Å². The summed E-state index contributed by atoms with van der Waals surface area (Å²) in [4.78, 5) is 2.59. The number of hydrogen-bond donors (Lipinski definition) is 1. The number of likely N-dealkylation sites (tertiary alicyclic amines) is 1. The van der Waals surface area contributed by atoms with Gasteiger partial charge in [0.2, 0.25) is 0 Å². The van der Waals surface area contributed by atoms with E-state index in [9.17, 15) is 0 Å². The van der Waals surface area contributed by atoms with Gasteiger partial charge >= 0.3 is 0 Å². The van der Waals surface area contributed by atoms with E-state index in [0.29, 0.717) is 6.61 Å². The van der Waals surface area contributed by atoms with E-state index >= 15 is 0 Å². The molecule has 1 N–H and O–H groups in total. The van der Waals surface area contributed by atoms with Gasteiger partial charge in [0, 0.05) is 13.2 Å². The molecule has 3 heteroatoms. The summed E-state index contributed by atoms with van der Waals surface area (Å²) >= 11 is 0. The summed E-state index contributed by atoms with van der Waals surface area (Å²) in [6.45, 7) is 4.83. The Labute approximate surface area is 141 Å². The molecule has 23 heavy (non-hydrogen) atoms. The van der Waals surface area contributed by atoms with E-state index < -0.39 is 0 Å². The third-order valence-corrected chi connectivity index (χ3v) is 4.63.